The molecule has 0 N–H and O–H groups in total. The van der Waals surface area contributed by atoms with Crippen molar-refractivity contribution in [3.05, 3.63) is 29.0 Å². The van der Waals surface area contributed by atoms with Crippen LogP contribution < -0.4 is 0 Å². The van der Waals surface area contributed by atoms with Gasteiger partial charge in [0.25, 0.3) is 0 Å². The van der Waals surface area contributed by atoms with Crippen molar-refractivity contribution in [3.63, 3.8) is 0 Å². The Morgan fingerprint density at radius 2 is 2.06 bits per heavy atom. The highest BCUT2D eigenvalue weighted by atomic mass is 35.5. The lowest BCUT2D eigenvalue weighted by Gasteiger charge is -2.08. The van der Waals surface area contributed by atoms with E-state index in [9.17, 15) is 4.21 Å². The van der Waals surface area contributed by atoms with Crippen LogP contribution in [0.15, 0.2) is 27.5 Å². The van der Waals surface area contributed by atoms with Crippen LogP contribution in [0.4, 0.5) is 0 Å². The van der Waals surface area contributed by atoms with Gasteiger partial charge in [-0.1, -0.05) is 24.4 Å². The standard InChI is InChI=1S/C14H15ClO2S/c1-9-14(18(16)11-4-2-3-5-11)12-8-10(15)6-7-13(12)17-9/h6-8,11H,2-5H2,1H3/t18-/m0/s1. The Bertz CT molecular complexity index is 612. The largest absolute Gasteiger partial charge is 0.460 e. The molecule has 1 aromatic heterocycles. The van der Waals surface area contributed by atoms with Crippen LogP contribution in [0.1, 0.15) is 31.4 Å². The Kier molecular flexibility index (Phi) is 3.20. The smallest absolute Gasteiger partial charge is 0.135 e. The summed E-state index contributed by atoms with van der Waals surface area (Å²) in [6.45, 7) is 1.89. The summed E-state index contributed by atoms with van der Waals surface area (Å²) in [7, 11) is -0.974. The zero-order valence-corrected chi connectivity index (χ0v) is 11.8. The molecule has 1 heterocycles. The predicted molar refractivity (Wildman–Crippen MR) is 74.6 cm³/mol. The first-order chi connectivity index (χ1) is 8.66. The van der Waals surface area contributed by atoms with Gasteiger partial charge in [-0.05, 0) is 38.0 Å². The summed E-state index contributed by atoms with van der Waals surface area (Å²) < 4.78 is 18.3. The highest BCUT2D eigenvalue weighted by Gasteiger charge is 2.27. The van der Waals surface area contributed by atoms with Crippen LogP contribution in [0.2, 0.25) is 5.02 Å². The molecule has 1 atom stereocenters. The van der Waals surface area contributed by atoms with Crippen molar-refractivity contribution in [1.82, 2.24) is 0 Å². The van der Waals surface area contributed by atoms with Gasteiger partial charge in [0, 0.05) is 15.7 Å². The van der Waals surface area contributed by atoms with E-state index in [4.69, 9.17) is 16.0 Å². The Balaban J connectivity index is 2.12. The number of aryl methyl sites for hydroxylation is 1. The van der Waals surface area contributed by atoms with Gasteiger partial charge in [0.1, 0.15) is 11.3 Å². The molecule has 0 unspecified atom stereocenters. The van der Waals surface area contributed by atoms with E-state index < -0.39 is 10.8 Å². The molecule has 1 aromatic carbocycles. The van der Waals surface area contributed by atoms with Crippen LogP contribution in [0.5, 0.6) is 0 Å². The number of rotatable bonds is 2. The summed E-state index contributed by atoms with van der Waals surface area (Å²) in [4.78, 5) is 0.847. The first-order valence-corrected chi connectivity index (χ1v) is 7.85. The van der Waals surface area contributed by atoms with Crippen molar-refractivity contribution in [2.24, 2.45) is 0 Å². The number of fused-ring (bicyclic) bond motifs is 1. The van der Waals surface area contributed by atoms with Crippen LogP contribution in [0.3, 0.4) is 0 Å². The van der Waals surface area contributed by atoms with Gasteiger partial charge in [0.2, 0.25) is 0 Å². The molecule has 4 heteroatoms. The summed E-state index contributed by atoms with van der Waals surface area (Å²) in [5.74, 6) is 0.762. The SMILES string of the molecule is Cc1oc2ccc(Cl)cc2c1[S@@](=O)C1CCCC1. The minimum absolute atomic E-state index is 0.281. The van der Waals surface area contributed by atoms with Gasteiger partial charge < -0.3 is 4.42 Å². The lowest BCUT2D eigenvalue weighted by molar-refractivity contribution is 0.565. The first kappa shape index (κ1) is 12.2. The molecule has 18 heavy (non-hydrogen) atoms. The fourth-order valence-corrected chi connectivity index (χ4v) is 4.66. The second-order valence-corrected chi connectivity index (χ2v) is 6.94. The molecule has 1 fully saturated rings. The molecule has 2 nitrogen and oxygen atoms in total. The average molecular weight is 283 g/mol. The molecule has 0 amide bonds. The second kappa shape index (κ2) is 4.71. The monoisotopic (exact) mass is 282 g/mol. The van der Waals surface area contributed by atoms with E-state index >= 15 is 0 Å². The quantitative estimate of drug-likeness (QED) is 0.815. The molecular formula is C14H15ClO2S. The van der Waals surface area contributed by atoms with Crippen molar-refractivity contribution in [3.8, 4) is 0 Å². The molecule has 96 valence electrons. The first-order valence-electron chi connectivity index (χ1n) is 6.26. The highest BCUT2D eigenvalue weighted by molar-refractivity contribution is 7.86. The van der Waals surface area contributed by atoms with E-state index in [-0.39, 0.29) is 5.25 Å². The molecule has 0 radical (unpaired) electrons. The summed E-state index contributed by atoms with van der Waals surface area (Å²) in [6.07, 6.45) is 4.48. The highest BCUT2D eigenvalue weighted by Crippen LogP contribution is 2.35. The number of halogens is 1. The van der Waals surface area contributed by atoms with Crippen LogP contribution in [-0.2, 0) is 10.8 Å². The van der Waals surface area contributed by atoms with Crippen molar-refractivity contribution < 1.29 is 8.63 Å². The number of furan rings is 1. The van der Waals surface area contributed by atoms with Gasteiger partial charge in [-0.2, -0.15) is 0 Å². The molecule has 1 aliphatic rings. The minimum Gasteiger partial charge on any atom is -0.460 e. The fourth-order valence-electron chi connectivity index (χ4n) is 2.69. The van der Waals surface area contributed by atoms with E-state index in [0.717, 1.165) is 34.5 Å². The van der Waals surface area contributed by atoms with Crippen LogP contribution in [-0.4, -0.2) is 9.46 Å². The molecule has 1 aliphatic carbocycles. The lowest BCUT2D eigenvalue weighted by atomic mass is 10.2. The maximum absolute atomic E-state index is 12.7. The van der Waals surface area contributed by atoms with E-state index in [1.54, 1.807) is 6.07 Å². The third-order valence-electron chi connectivity index (χ3n) is 3.58. The van der Waals surface area contributed by atoms with Crippen molar-refractivity contribution in [2.45, 2.75) is 42.8 Å². The fraction of sp³-hybridized carbons (Fsp3) is 0.429. The molecule has 0 spiro atoms. The molecule has 3 rings (SSSR count). The molecule has 0 aliphatic heterocycles. The predicted octanol–water partition coefficient (Wildman–Crippen LogP) is 4.44. The topological polar surface area (TPSA) is 30.2 Å². The van der Waals surface area contributed by atoms with Gasteiger partial charge in [0.15, 0.2) is 0 Å². The molecule has 1 saturated carbocycles. The van der Waals surface area contributed by atoms with Crippen LogP contribution in [0, 0.1) is 6.92 Å². The molecule has 2 aromatic rings. The van der Waals surface area contributed by atoms with Gasteiger partial charge in [-0.3, -0.25) is 4.21 Å². The number of hydrogen-bond acceptors (Lipinski definition) is 2. The number of benzene rings is 1. The molecule has 0 saturated heterocycles. The van der Waals surface area contributed by atoms with E-state index in [1.807, 2.05) is 19.1 Å². The van der Waals surface area contributed by atoms with Gasteiger partial charge in [-0.15, -0.1) is 0 Å². The summed E-state index contributed by atoms with van der Waals surface area (Å²) in [5, 5.41) is 1.85. The third-order valence-corrected chi connectivity index (χ3v) is 5.80. The Morgan fingerprint density at radius 3 is 2.78 bits per heavy atom. The zero-order valence-electron chi connectivity index (χ0n) is 10.2. The second-order valence-electron chi connectivity index (χ2n) is 4.83. The van der Waals surface area contributed by atoms with E-state index in [0.29, 0.717) is 5.02 Å². The summed E-state index contributed by atoms with van der Waals surface area (Å²) in [6, 6.07) is 5.50. The maximum atomic E-state index is 12.7. The Morgan fingerprint density at radius 1 is 1.33 bits per heavy atom. The number of hydrogen-bond donors (Lipinski definition) is 0. The third kappa shape index (κ3) is 1.99. The van der Waals surface area contributed by atoms with Gasteiger partial charge in [0.05, 0.1) is 15.7 Å². The van der Waals surface area contributed by atoms with E-state index in [2.05, 4.69) is 0 Å². The normalized spacial score (nSPS) is 18.6. The van der Waals surface area contributed by atoms with Crippen molar-refractivity contribution in [2.75, 3.05) is 0 Å². The van der Waals surface area contributed by atoms with E-state index in [1.165, 1.54) is 12.8 Å². The molecular weight excluding hydrogens is 268 g/mol. The maximum Gasteiger partial charge on any atom is 0.135 e. The Labute approximate surface area is 114 Å². The Hall–Kier alpha value is -0.800. The van der Waals surface area contributed by atoms with Crippen LogP contribution in [0.25, 0.3) is 11.0 Å². The van der Waals surface area contributed by atoms with Crippen LogP contribution >= 0.6 is 11.6 Å². The van der Waals surface area contributed by atoms with Crippen molar-refractivity contribution >= 4 is 33.4 Å². The summed E-state index contributed by atoms with van der Waals surface area (Å²) >= 11 is 6.02. The minimum atomic E-state index is -0.974. The van der Waals surface area contributed by atoms with Crippen molar-refractivity contribution in [1.29, 1.82) is 0 Å². The summed E-state index contributed by atoms with van der Waals surface area (Å²) in [5.41, 5.74) is 0.776. The lowest BCUT2D eigenvalue weighted by Crippen LogP contribution is -2.10. The zero-order chi connectivity index (χ0) is 12.7. The molecule has 0 bridgehead atoms. The van der Waals surface area contributed by atoms with Gasteiger partial charge in [-0.25, -0.2) is 0 Å². The van der Waals surface area contributed by atoms with Gasteiger partial charge >= 0.3 is 0 Å². The average Bonchev–Trinajstić information content (AvgIpc) is 2.94.